The van der Waals surface area contributed by atoms with E-state index in [1.54, 1.807) is 48.1 Å². The Hall–Kier alpha value is -3.23. The second-order valence-corrected chi connectivity index (χ2v) is 5.92. The van der Waals surface area contributed by atoms with Gasteiger partial charge in [0.2, 0.25) is 5.91 Å². The number of aryl methyl sites for hydroxylation is 1. The maximum atomic E-state index is 12.5. The fourth-order valence-electron chi connectivity index (χ4n) is 2.72. The average molecular weight is 378 g/mol. The lowest BCUT2D eigenvalue weighted by molar-refractivity contribution is -0.153. The van der Waals surface area contributed by atoms with Gasteiger partial charge in [0.05, 0.1) is 12.1 Å². The molecule has 0 saturated carbocycles. The van der Waals surface area contributed by atoms with Gasteiger partial charge in [-0.1, -0.05) is 24.3 Å². The van der Waals surface area contributed by atoms with E-state index in [2.05, 4.69) is 10.4 Å². The Morgan fingerprint density at radius 3 is 2.70 bits per heavy atom. The van der Waals surface area contributed by atoms with Gasteiger partial charge in [-0.15, -0.1) is 0 Å². The van der Waals surface area contributed by atoms with E-state index in [1.807, 2.05) is 0 Å². The van der Waals surface area contributed by atoms with Crippen molar-refractivity contribution in [1.29, 1.82) is 0 Å². The summed E-state index contributed by atoms with van der Waals surface area (Å²) < 4.78 is 44.0. The number of benzene rings is 2. The van der Waals surface area contributed by atoms with E-state index in [4.69, 9.17) is 10.5 Å². The largest absolute Gasteiger partial charge is 0.483 e. The van der Waals surface area contributed by atoms with Crippen LogP contribution in [0.25, 0.3) is 22.0 Å². The number of hydrogen-bond donors (Lipinski definition) is 2. The number of nitrogens with two attached hydrogens (primary N) is 1. The zero-order valence-electron chi connectivity index (χ0n) is 14.4. The number of anilines is 1. The minimum absolute atomic E-state index is 0.0536. The van der Waals surface area contributed by atoms with Crippen LogP contribution in [-0.2, 0) is 11.8 Å². The van der Waals surface area contributed by atoms with Gasteiger partial charge in [-0.2, -0.15) is 18.3 Å². The molecule has 0 radical (unpaired) electrons. The molecule has 0 aliphatic heterocycles. The summed E-state index contributed by atoms with van der Waals surface area (Å²) in [7, 11) is 1.73. The molecule has 0 bridgehead atoms. The highest BCUT2D eigenvalue weighted by Crippen LogP contribution is 2.34. The lowest BCUT2D eigenvalue weighted by Crippen LogP contribution is -2.22. The molecule has 1 heterocycles. The van der Waals surface area contributed by atoms with Crippen molar-refractivity contribution in [3.05, 3.63) is 42.5 Å². The molecule has 0 fully saturated rings. The van der Waals surface area contributed by atoms with Gasteiger partial charge in [-0.25, -0.2) is 0 Å². The molecular weight excluding hydrogens is 361 g/mol. The Labute approximate surface area is 152 Å². The molecule has 3 N–H and O–H groups in total. The van der Waals surface area contributed by atoms with Crippen LogP contribution >= 0.6 is 0 Å². The molecule has 142 valence electrons. The Bertz CT molecular complexity index is 982. The summed E-state index contributed by atoms with van der Waals surface area (Å²) in [5.74, 6) is 0.129. The van der Waals surface area contributed by atoms with Crippen LogP contribution in [-0.4, -0.2) is 35.0 Å². The lowest BCUT2D eigenvalue weighted by Gasteiger charge is -2.13. The number of carbonyl (C=O) groups is 1. The normalized spacial score (nSPS) is 11.6. The Kier molecular flexibility index (Phi) is 4.93. The number of alkyl halides is 3. The molecule has 3 rings (SSSR count). The standard InChI is InChI=1S/C18H17F3N4O2/c1-25-14-8-11(6-7-13(14)17(24-25)23-9-16(22)26)12-4-2-3-5-15(12)27-10-18(19,20)21/h2-8H,9-10H2,1H3,(H2,22,26)(H,23,24). The number of para-hydroxylation sites is 1. The molecule has 2 aromatic carbocycles. The molecular formula is C18H17F3N4O2. The van der Waals surface area contributed by atoms with Crippen molar-refractivity contribution >= 4 is 22.6 Å². The molecule has 1 amide bonds. The third kappa shape index (κ3) is 4.30. The zero-order valence-corrected chi connectivity index (χ0v) is 14.4. The number of nitrogens with one attached hydrogen (secondary N) is 1. The number of primary amides is 1. The minimum atomic E-state index is -4.42. The van der Waals surface area contributed by atoms with E-state index in [1.165, 1.54) is 6.07 Å². The quantitative estimate of drug-likeness (QED) is 0.691. The highest BCUT2D eigenvalue weighted by atomic mass is 19.4. The van der Waals surface area contributed by atoms with E-state index < -0.39 is 18.7 Å². The first kappa shape index (κ1) is 18.6. The van der Waals surface area contributed by atoms with Gasteiger partial charge in [0.25, 0.3) is 0 Å². The van der Waals surface area contributed by atoms with E-state index in [0.29, 0.717) is 16.9 Å². The number of nitrogens with zero attached hydrogens (tertiary/aromatic N) is 2. The SMILES string of the molecule is Cn1nc(NCC(N)=O)c2ccc(-c3ccccc3OCC(F)(F)F)cc21. The third-order valence-corrected chi connectivity index (χ3v) is 3.87. The molecule has 0 spiro atoms. The van der Waals surface area contributed by atoms with Gasteiger partial charge < -0.3 is 15.8 Å². The van der Waals surface area contributed by atoms with E-state index in [-0.39, 0.29) is 12.3 Å². The van der Waals surface area contributed by atoms with Crippen LogP contribution in [0, 0.1) is 0 Å². The predicted octanol–water partition coefficient (Wildman–Crippen LogP) is 3.08. The maximum absolute atomic E-state index is 12.5. The summed E-state index contributed by atoms with van der Waals surface area (Å²) in [5.41, 5.74) is 7.10. The van der Waals surface area contributed by atoms with Crippen molar-refractivity contribution in [1.82, 2.24) is 9.78 Å². The first-order valence-electron chi connectivity index (χ1n) is 8.02. The van der Waals surface area contributed by atoms with Crippen molar-refractivity contribution in [2.45, 2.75) is 6.18 Å². The van der Waals surface area contributed by atoms with Crippen LogP contribution in [0.3, 0.4) is 0 Å². The zero-order chi connectivity index (χ0) is 19.6. The van der Waals surface area contributed by atoms with Crippen LogP contribution in [0.5, 0.6) is 5.75 Å². The summed E-state index contributed by atoms with van der Waals surface area (Å²) in [6.07, 6.45) is -4.42. The molecule has 3 aromatic rings. The van der Waals surface area contributed by atoms with Crippen LogP contribution in [0.15, 0.2) is 42.5 Å². The first-order chi connectivity index (χ1) is 12.7. The molecule has 9 heteroatoms. The monoisotopic (exact) mass is 378 g/mol. The summed E-state index contributed by atoms with van der Waals surface area (Å²) >= 11 is 0. The summed E-state index contributed by atoms with van der Waals surface area (Å²) in [6.45, 7) is -1.42. The summed E-state index contributed by atoms with van der Waals surface area (Å²) in [6, 6.07) is 11.9. The van der Waals surface area contributed by atoms with Gasteiger partial charge in [0, 0.05) is 18.0 Å². The van der Waals surface area contributed by atoms with Crippen LogP contribution in [0.2, 0.25) is 0 Å². The second kappa shape index (κ2) is 7.18. The number of aromatic nitrogens is 2. The Balaban J connectivity index is 1.96. The molecule has 0 aliphatic rings. The molecule has 0 aliphatic carbocycles. The number of hydrogen-bond acceptors (Lipinski definition) is 4. The Morgan fingerprint density at radius 1 is 1.26 bits per heavy atom. The number of amides is 1. The van der Waals surface area contributed by atoms with E-state index in [9.17, 15) is 18.0 Å². The number of carbonyl (C=O) groups excluding carboxylic acids is 1. The van der Waals surface area contributed by atoms with Gasteiger partial charge >= 0.3 is 6.18 Å². The fourth-order valence-corrected chi connectivity index (χ4v) is 2.72. The Morgan fingerprint density at radius 2 is 2.00 bits per heavy atom. The molecule has 0 atom stereocenters. The molecule has 1 aromatic heterocycles. The predicted molar refractivity (Wildman–Crippen MR) is 95.4 cm³/mol. The fraction of sp³-hybridized carbons (Fsp3) is 0.222. The number of halogens is 3. The van der Waals surface area contributed by atoms with Crippen molar-refractivity contribution in [2.75, 3.05) is 18.5 Å². The van der Waals surface area contributed by atoms with Crippen molar-refractivity contribution in [2.24, 2.45) is 12.8 Å². The highest BCUT2D eigenvalue weighted by Gasteiger charge is 2.28. The molecule has 0 saturated heterocycles. The van der Waals surface area contributed by atoms with Crippen LogP contribution in [0.1, 0.15) is 0 Å². The van der Waals surface area contributed by atoms with Crippen molar-refractivity contribution < 1.29 is 22.7 Å². The number of rotatable bonds is 6. The highest BCUT2D eigenvalue weighted by molar-refractivity contribution is 5.94. The summed E-state index contributed by atoms with van der Waals surface area (Å²) in [4.78, 5) is 11.0. The second-order valence-electron chi connectivity index (χ2n) is 5.92. The van der Waals surface area contributed by atoms with Crippen molar-refractivity contribution in [3.63, 3.8) is 0 Å². The topological polar surface area (TPSA) is 82.2 Å². The van der Waals surface area contributed by atoms with Gasteiger partial charge in [-0.3, -0.25) is 9.48 Å². The van der Waals surface area contributed by atoms with E-state index >= 15 is 0 Å². The maximum Gasteiger partial charge on any atom is 0.422 e. The smallest absolute Gasteiger partial charge is 0.422 e. The average Bonchev–Trinajstić information content (AvgIpc) is 2.93. The molecule has 6 nitrogen and oxygen atoms in total. The van der Waals surface area contributed by atoms with Crippen molar-refractivity contribution in [3.8, 4) is 16.9 Å². The lowest BCUT2D eigenvalue weighted by atomic mass is 10.0. The third-order valence-electron chi connectivity index (χ3n) is 3.87. The van der Waals surface area contributed by atoms with E-state index in [0.717, 1.165) is 10.9 Å². The number of ether oxygens (including phenoxy) is 1. The number of fused-ring (bicyclic) bond motifs is 1. The van der Waals surface area contributed by atoms with Gasteiger partial charge in [0.1, 0.15) is 5.75 Å². The summed E-state index contributed by atoms with van der Waals surface area (Å²) in [5, 5.41) is 7.92. The van der Waals surface area contributed by atoms with Crippen LogP contribution < -0.4 is 15.8 Å². The molecule has 27 heavy (non-hydrogen) atoms. The first-order valence-corrected chi connectivity index (χ1v) is 8.02. The van der Waals surface area contributed by atoms with Crippen LogP contribution in [0.4, 0.5) is 19.0 Å². The molecule has 0 unspecified atom stereocenters. The van der Waals surface area contributed by atoms with Gasteiger partial charge in [0.15, 0.2) is 12.4 Å². The minimum Gasteiger partial charge on any atom is -0.483 e. The van der Waals surface area contributed by atoms with Gasteiger partial charge in [-0.05, 0) is 23.8 Å².